The molecule has 1 atom stereocenters. The molecular weight excluding hydrogens is 348 g/mol. The second kappa shape index (κ2) is 19.7. The average Bonchev–Trinajstić information content (AvgIpc) is 2.69. The average molecular weight is 395 g/mol. The molecule has 1 aliphatic heterocycles. The van der Waals surface area contributed by atoms with Crippen LogP contribution in [0.15, 0.2) is 0 Å². The summed E-state index contributed by atoms with van der Waals surface area (Å²) in [7, 11) is 0. The number of ether oxygens (including phenoxy) is 2. The van der Waals surface area contributed by atoms with Crippen molar-refractivity contribution in [2.24, 2.45) is 0 Å². The molecule has 28 heavy (non-hydrogen) atoms. The van der Waals surface area contributed by atoms with Gasteiger partial charge in [0.2, 0.25) is 0 Å². The molecule has 1 fully saturated rings. The van der Waals surface area contributed by atoms with E-state index in [4.69, 9.17) is 9.47 Å². The SMILES string of the molecule is [CH2]CCCCCCCCCCC(=O)OC1CCCCCC[CH]COCCCC1. The van der Waals surface area contributed by atoms with Crippen LogP contribution in [0.4, 0.5) is 0 Å². The molecule has 164 valence electrons. The first-order valence-corrected chi connectivity index (χ1v) is 12.2. The van der Waals surface area contributed by atoms with Crippen molar-refractivity contribution in [3.05, 3.63) is 13.3 Å². The van der Waals surface area contributed by atoms with Gasteiger partial charge in [0, 0.05) is 19.6 Å². The molecule has 0 saturated carbocycles. The van der Waals surface area contributed by atoms with Gasteiger partial charge in [-0.1, -0.05) is 77.6 Å². The molecule has 0 aromatic carbocycles. The lowest BCUT2D eigenvalue weighted by atomic mass is 10.0. The molecule has 0 spiro atoms. The Bertz CT molecular complexity index is 329. The molecule has 3 nitrogen and oxygen atoms in total. The molecule has 0 aromatic rings. The van der Waals surface area contributed by atoms with Gasteiger partial charge in [0.1, 0.15) is 6.10 Å². The van der Waals surface area contributed by atoms with Crippen molar-refractivity contribution >= 4 is 5.97 Å². The highest BCUT2D eigenvalue weighted by Crippen LogP contribution is 2.17. The molecule has 0 N–H and O–H groups in total. The molecule has 2 radical (unpaired) electrons. The van der Waals surface area contributed by atoms with Gasteiger partial charge in [-0.15, -0.1) is 0 Å². The summed E-state index contributed by atoms with van der Waals surface area (Å²) in [6, 6.07) is 0. The lowest BCUT2D eigenvalue weighted by molar-refractivity contribution is -0.150. The Morgan fingerprint density at radius 3 is 2.25 bits per heavy atom. The first-order chi connectivity index (χ1) is 13.8. The molecule has 1 unspecified atom stereocenters. The van der Waals surface area contributed by atoms with Crippen molar-refractivity contribution < 1.29 is 14.3 Å². The van der Waals surface area contributed by atoms with Crippen LogP contribution in [0.25, 0.3) is 0 Å². The largest absolute Gasteiger partial charge is 0.462 e. The summed E-state index contributed by atoms with van der Waals surface area (Å²) < 4.78 is 11.5. The van der Waals surface area contributed by atoms with Crippen molar-refractivity contribution in [3.63, 3.8) is 0 Å². The topological polar surface area (TPSA) is 35.5 Å². The van der Waals surface area contributed by atoms with Gasteiger partial charge in [0.25, 0.3) is 0 Å². The number of carbonyl (C=O) groups is 1. The zero-order valence-corrected chi connectivity index (χ0v) is 18.4. The fourth-order valence-corrected chi connectivity index (χ4v) is 3.85. The van der Waals surface area contributed by atoms with Crippen LogP contribution in [-0.2, 0) is 14.3 Å². The first kappa shape index (κ1) is 25.5. The molecule has 0 aromatic heterocycles. The Morgan fingerprint density at radius 2 is 1.50 bits per heavy atom. The number of hydrogen-bond acceptors (Lipinski definition) is 3. The van der Waals surface area contributed by atoms with Gasteiger partial charge < -0.3 is 9.47 Å². The highest BCUT2D eigenvalue weighted by Gasteiger charge is 2.14. The van der Waals surface area contributed by atoms with Crippen LogP contribution in [-0.4, -0.2) is 25.3 Å². The molecule has 1 heterocycles. The van der Waals surface area contributed by atoms with Crippen LogP contribution >= 0.6 is 0 Å². The fraction of sp³-hybridized carbons (Fsp3) is 0.880. The van der Waals surface area contributed by atoms with Crippen LogP contribution in [0, 0.1) is 13.3 Å². The second-order valence-corrected chi connectivity index (χ2v) is 8.39. The Kier molecular flexibility index (Phi) is 17.9. The molecule has 1 aliphatic rings. The van der Waals surface area contributed by atoms with E-state index in [0.29, 0.717) is 6.42 Å². The van der Waals surface area contributed by atoms with E-state index < -0.39 is 0 Å². The summed E-state index contributed by atoms with van der Waals surface area (Å²) in [5.41, 5.74) is 0. The van der Waals surface area contributed by atoms with E-state index in [2.05, 4.69) is 13.3 Å². The Morgan fingerprint density at radius 1 is 0.857 bits per heavy atom. The van der Waals surface area contributed by atoms with E-state index in [-0.39, 0.29) is 12.1 Å². The first-order valence-electron chi connectivity index (χ1n) is 12.2. The molecule has 0 bridgehead atoms. The molecule has 0 amide bonds. The van der Waals surface area contributed by atoms with Gasteiger partial charge in [-0.2, -0.15) is 0 Å². The van der Waals surface area contributed by atoms with Crippen LogP contribution < -0.4 is 0 Å². The lowest BCUT2D eigenvalue weighted by Crippen LogP contribution is -2.18. The third-order valence-electron chi connectivity index (χ3n) is 5.66. The van der Waals surface area contributed by atoms with E-state index in [0.717, 1.165) is 64.6 Å². The Balaban J connectivity index is 2.10. The molecule has 1 saturated heterocycles. The summed E-state index contributed by atoms with van der Waals surface area (Å²) in [4.78, 5) is 12.2. The maximum absolute atomic E-state index is 12.2. The van der Waals surface area contributed by atoms with Crippen molar-refractivity contribution in [3.8, 4) is 0 Å². The maximum Gasteiger partial charge on any atom is 0.306 e. The maximum atomic E-state index is 12.2. The minimum atomic E-state index is 0.0208. The lowest BCUT2D eigenvalue weighted by Gasteiger charge is -2.18. The quantitative estimate of drug-likeness (QED) is 0.271. The minimum absolute atomic E-state index is 0.0208. The molecular formula is C25H46O3. The number of carbonyl (C=O) groups excluding carboxylic acids is 1. The van der Waals surface area contributed by atoms with E-state index in [1.165, 1.54) is 64.2 Å². The van der Waals surface area contributed by atoms with Crippen LogP contribution in [0.2, 0.25) is 0 Å². The summed E-state index contributed by atoms with van der Waals surface area (Å²) in [5.74, 6) is 0.0208. The van der Waals surface area contributed by atoms with Gasteiger partial charge in [0.15, 0.2) is 0 Å². The standard InChI is InChI=1S/C25H46O3/c1-2-3-4-5-6-7-8-12-15-21-25(26)28-24-19-14-11-9-10-13-17-22-27-23-18-16-20-24/h17,24H,1-16,18-23H2. The summed E-state index contributed by atoms with van der Waals surface area (Å²) in [5, 5.41) is 0. The third kappa shape index (κ3) is 16.4. The minimum Gasteiger partial charge on any atom is -0.462 e. The fourth-order valence-electron chi connectivity index (χ4n) is 3.85. The monoisotopic (exact) mass is 394 g/mol. The highest BCUT2D eigenvalue weighted by molar-refractivity contribution is 5.69. The number of esters is 1. The third-order valence-corrected chi connectivity index (χ3v) is 5.66. The van der Waals surface area contributed by atoms with Crippen molar-refractivity contribution in [2.45, 2.75) is 128 Å². The zero-order valence-electron chi connectivity index (χ0n) is 18.4. The number of hydrogen-bond donors (Lipinski definition) is 0. The molecule has 1 rings (SSSR count). The molecule has 0 aliphatic carbocycles. The highest BCUT2D eigenvalue weighted by atomic mass is 16.5. The summed E-state index contributed by atoms with van der Waals surface area (Å²) in [6.45, 7) is 5.50. The van der Waals surface area contributed by atoms with Gasteiger partial charge in [-0.05, 0) is 51.4 Å². The Labute approximate surface area is 175 Å². The van der Waals surface area contributed by atoms with Crippen LogP contribution in [0.3, 0.4) is 0 Å². The van der Waals surface area contributed by atoms with Gasteiger partial charge in [0.05, 0.1) is 0 Å². The summed E-state index contributed by atoms with van der Waals surface area (Å²) in [6.07, 6.45) is 24.3. The Hall–Kier alpha value is -0.570. The van der Waals surface area contributed by atoms with E-state index in [9.17, 15) is 4.79 Å². The van der Waals surface area contributed by atoms with Gasteiger partial charge in [-0.25, -0.2) is 0 Å². The summed E-state index contributed by atoms with van der Waals surface area (Å²) >= 11 is 0. The predicted octanol–water partition coefficient (Wildman–Crippen LogP) is 7.38. The van der Waals surface area contributed by atoms with E-state index >= 15 is 0 Å². The van der Waals surface area contributed by atoms with Gasteiger partial charge >= 0.3 is 5.97 Å². The van der Waals surface area contributed by atoms with Crippen LogP contribution in [0.5, 0.6) is 0 Å². The second-order valence-electron chi connectivity index (χ2n) is 8.39. The smallest absolute Gasteiger partial charge is 0.306 e. The predicted molar refractivity (Wildman–Crippen MR) is 118 cm³/mol. The number of rotatable bonds is 11. The van der Waals surface area contributed by atoms with E-state index in [1.807, 2.05) is 0 Å². The molecule has 3 heteroatoms. The van der Waals surface area contributed by atoms with Crippen molar-refractivity contribution in [2.75, 3.05) is 13.2 Å². The van der Waals surface area contributed by atoms with Crippen LogP contribution in [0.1, 0.15) is 122 Å². The van der Waals surface area contributed by atoms with Gasteiger partial charge in [-0.3, -0.25) is 4.79 Å². The van der Waals surface area contributed by atoms with E-state index in [1.54, 1.807) is 0 Å². The zero-order chi connectivity index (χ0) is 20.1. The number of unbranched alkanes of at least 4 members (excludes halogenated alkanes) is 8. The normalized spacial score (nSPS) is 20.4. The van der Waals surface area contributed by atoms with Crippen molar-refractivity contribution in [1.29, 1.82) is 0 Å². The van der Waals surface area contributed by atoms with Crippen molar-refractivity contribution in [1.82, 2.24) is 0 Å².